The number of morpholine rings is 1. The maximum absolute atomic E-state index is 13.3. The molecule has 10 nitrogen and oxygen atoms in total. The van der Waals surface area contributed by atoms with Gasteiger partial charge < -0.3 is 15.4 Å². The van der Waals surface area contributed by atoms with Gasteiger partial charge in [0.15, 0.2) is 5.78 Å². The lowest BCUT2D eigenvalue weighted by atomic mass is 10.0. The van der Waals surface area contributed by atoms with E-state index in [-0.39, 0.29) is 23.3 Å². The summed E-state index contributed by atoms with van der Waals surface area (Å²) in [6, 6.07) is 20.7. The number of aromatic nitrogens is 5. The summed E-state index contributed by atoms with van der Waals surface area (Å²) in [5.74, 6) is 0.950. The van der Waals surface area contributed by atoms with Gasteiger partial charge in [0.2, 0.25) is 0 Å². The minimum Gasteiger partial charge on any atom is -0.382 e. The van der Waals surface area contributed by atoms with Crippen molar-refractivity contribution in [2.24, 2.45) is 7.05 Å². The molecule has 0 atom stereocenters. The summed E-state index contributed by atoms with van der Waals surface area (Å²) in [5, 5.41) is 0. The zero-order chi connectivity index (χ0) is 29.2. The molecule has 0 radical (unpaired) electrons. The number of carbonyl (C=O) groups excluding carboxylic acids is 1. The van der Waals surface area contributed by atoms with E-state index in [0.29, 0.717) is 41.8 Å². The van der Waals surface area contributed by atoms with Crippen molar-refractivity contribution in [3.63, 3.8) is 0 Å². The van der Waals surface area contributed by atoms with Crippen molar-refractivity contribution in [2.75, 3.05) is 36.9 Å². The lowest BCUT2D eigenvalue weighted by Crippen LogP contribution is -2.36. The second-order valence-corrected chi connectivity index (χ2v) is 10.2. The molecule has 2 N–H and O–H groups in total. The fraction of sp³-hybridized carbons (Fsp3) is 0.219. The van der Waals surface area contributed by atoms with Crippen LogP contribution in [0, 0.1) is 6.92 Å². The Hall–Kier alpha value is -5.09. The summed E-state index contributed by atoms with van der Waals surface area (Å²) < 4.78 is 8.70. The number of ketones is 1. The third-order valence-electron chi connectivity index (χ3n) is 7.60. The molecule has 1 fully saturated rings. The van der Waals surface area contributed by atoms with Gasteiger partial charge in [0, 0.05) is 49.6 Å². The highest BCUT2D eigenvalue weighted by atomic mass is 16.5. The summed E-state index contributed by atoms with van der Waals surface area (Å²) in [4.78, 5) is 42.5. The molecule has 1 aliphatic rings. The lowest BCUT2D eigenvalue weighted by molar-refractivity contribution is 0.0991. The van der Waals surface area contributed by atoms with Crippen LogP contribution < -0.4 is 16.2 Å². The van der Waals surface area contributed by atoms with Gasteiger partial charge in [-0.1, -0.05) is 42.5 Å². The Bertz CT molecular complexity index is 1800. The molecule has 1 aliphatic heterocycles. The molecular formula is C32H31N7O3. The van der Waals surface area contributed by atoms with Crippen LogP contribution in [0.15, 0.2) is 83.9 Å². The quantitative estimate of drug-likeness (QED) is 0.298. The van der Waals surface area contributed by atoms with Gasteiger partial charge in [-0.25, -0.2) is 19.6 Å². The zero-order valence-electron chi connectivity index (χ0n) is 23.5. The predicted octanol–water partition coefficient (Wildman–Crippen LogP) is 3.85. The van der Waals surface area contributed by atoms with Gasteiger partial charge in [0.05, 0.1) is 30.8 Å². The maximum atomic E-state index is 13.3. The molecular weight excluding hydrogens is 530 g/mol. The highest BCUT2D eigenvalue weighted by molar-refractivity contribution is 5.98. The van der Waals surface area contributed by atoms with Gasteiger partial charge in [-0.15, -0.1) is 0 Å². The first-order valence-corrected chi connectivity index (χ1v) is 13.8. The van der Waals surface area contributed by atoms with E-state index in [1.54, 1.807) is 31.0 Å². The van der Waals surface area contributed by atoms with Crippen molar-refractivity contribution < 1.29 is 9.53 Å². The second-order valence-electron chi connectivity index (χ2n) is 10.2. The molecule has 5 aromatic rings. The molecule has 2 aromatic carbocycles. The highest BCUT2D eigenvalue weighted by Crippen LogP contribution is 2.28. The fourth-order valence-corrected chi connectivity index (χ4v) is 5.24. The number of benzene rings is 2. The van der Waals surface area contributed by atoms with Crippen molar-refractivity contribution in [3.05, 3.63) is 106 Å². The Balaban J connectivity index is 1.23. The summed E-state index contributed by atoms with van der Waals surface area (Å²) in [6.07, 6.45) is 3.53. The molecule has 1 saturated heterocycles. The van der Waals surface area contributed by atoms with E-state index in [2.05, 4.69) is 14.9 Å². The van der Waals surface area contributed by atoms with Crippen LogP contribution >= 0.6 is 0 Å². The minimum atomic E-state index is -0.324. The number of hydrogen-bond donors (Lipinski definition) is 1. The van der Waals surface area contributed by atoms with E-state index >= 15 is 0 Å². The van der Waals surface area contributed by atoms with Gasteiger partial charge >= 0.3 is 0 Å². The molecule has 0 spiro atoms. The van der Waals surface area contributed by atoms with Gasteiger partial charge in [0.25, 0.3) is 5.56 Å². The monoisotopic (exact) mass is 561 g/mol. The van der Waals surface area contributed by atoms with E-state index in [0.717, 1.165) is 35.6 Å². The Morgan fingerprint density at radius 3 is 2.45 bits per heavy atom. The van der Waals surface area contributed by atoms with Crippen LogP contribution in [-0.4, -0.2) is 56.4 Å². The Morgan fingerprint density at radius 2 is 1.71 bits per heavy atom. The summed E-state index contributed by atoms with van der Waals surface area (Å²) in [5.41, 5.74) is 11.1. The number of rotatable bonds is 7. The molecule has 6 rings (SSSR count). The Morgan fingerprint density at radius 1 is 0.976 bits per heavy atom. The number of hydrogen-bond acceptors (Lipinski definition) is 8. The predicted molar refractivity (Wildman–Crippen MR) is 162 cm³/mol. The largest absolute Gasteiger partial charge is 0.382 e. The molecule has 4 heterocycles. The third-order valence-corrected chi connectivity index (χ3v) is 7.60. The first-order valence-electron chi connectivity index (χ1n) is 13.8. The number of nitrogens with zero attached hydrogens (tertiary/aromatic N) is 6. The Kier molecular flexibility index (Phi) is 7.37. The van der Waals surface area contributed by atoms with Crippen molar-refractivity contribution in [3.8, 4) is 28.2 Å². The molecule has 0 aliphatic carbocycles. The Labute approximate surface area is 243 Å². The normalized spacial score (nSPS) is 13.3. The number of nitrogen functional groups attached to an aromatic ring is 1. The number of anilines is 2. The first kappa shape index (κ1) is 27.1. The smallest absolute Gasteiger partial charge is 0.282 e. The molecule has 0 unspecified atom stereocenters. The molecule has 0 saturated carbocycles. The summed E-state index contributed by atoms with van der Waals surface area (Å²) >= 11 is 0. The lowest BCUT2D eigenvalue weighted by Gasteiger charge is -2.28. The minimum absolute atomic E-state index is 0.0949. The molecule has 212 valence electrons. The van der Waals surface area contributed by atoms with E-state index in [1.165, 1.54) is 4.68 Å². The molecule has 10 heteroatoms. The number of para-hydroxylation sites is 1. The molecule has 0 bridgehead atoms. The van der Waals surface area contributed by atoms with Crippen LogP contribution in [0.3, 0.4) is 0 Å². The van der Waals surface area contributed by atoms with Crippen LogP contribution in [-0.2, 0) is 18.2 Å². The topological polar surface area (TPSA) is 121 Å². The van der Waals surface area contributed by atoms with Crippen LogP contribution in [0.5, 0.6) is 0 Å². The van der Waals surface area contributed by atoms with E-state index in [4.69, 9.17) is 15.5 Å². The highest BCUT2D eigenvalue weighted by Gasteiger charge is 2.22. The van der Waals surface area contributed by atoms with Crippen molar-refractivity contribution >= 4 is 17.4 Å². The number of carbonyl (C=O) groups is 1. The van der Waals surface area contributed by atoms with Gasteiger partial charge in [0.1, 0.15) is 22.9 Å². The zero-order valence-corrected chi connectivity index (χ0v) is 23.5. The van der Waals surface area contributed by atoms with Crippen molar-refractivity contribution in [2.45, 2.75) is 13.3 Å². The standard InChI is InChI=1S/C32H31N7O3/c1-21-29(32(41)39(37(21)2)25-6-4-3-5-7-25)27(40)18-22-8-10-23(11-9-22)30-31(33)35-20-26(36-30)24-12-13-34-28(19-24)38-14-16-42-17-15-38/h3-13,19-20H,14-18H2,1-2H3,(H2,33,35). The molecule has 42 heavy (non-hydrogen) atoms. The van der Waals surface area contributed by atoms with Gasteiger partial charge in [-0.05, 0) is 36.8 Å². The maximum Gasteiger partial charge on any atom is 0.282 e. The van der Waals surface area contributed by atoms with Crippen LogP contribution in [0.25, 0.3) is 28.2 Å². The number of Topliss-reactive ketones (excluding diaryl/α,β-unsaturated/α-hetero) is 1. The summed E-state index contributed by atoms with van der Waals surface area (Å²) in [6.45, 7) is 4.72. The van der Waals surface area contributed by atoms with E-state index < -0.39 is 0 Å². The second kappa shape index (κ2) is 11.4. The number of pyridine rings is 1. The number of ether oxygens (including phenoxy) is 1. The molecule has 3 aromatic heterocycles. The van der Waals surface area contributed by atoms with Crippen LogP contribution in [0.1, 0.15) is 21.6 Å². The van der Waals surface area contributed by atoms with Crippen LogP contribution in [0.4, 0.5) is 11.6 Å². The summed E-state index contributed by atoms with van der Waals surface area (Å²) in [7, 11) is 1.78. The first-order chi connectivity index (χ1) is 20.4. The van der Waals surface area contributed by atoms with E-state index in [1.807, 2.05) is 66.7 Å². The van der Waals surface area contributed by atoms with Gasteiger partial charge in [-0.2, -0.15) is 0 Å². The SMILES string of the molecule is Cc1c(C(=O)Cc2ccc(-c3nc(-c4ccnc(N5CCOCC5)c4)cnc3N)cc2)c(=O)n(-c2ccccc2)n1C. The van der Waals surface area contributed by atoms with Gasteiger partial charge in [-0.3, -0.25) is 14.3 Å². The van der Waals surface area contributed by atoms with Crippen molar-refractivity contribution in [1.29, 1.82) is 0 Å². The van der Waals surface area contributed by atoms with E-state index in [9.17, 15) is 9.59 Å². The fourth-order valence-electron chi connectivity index (χ4n) is 5.24. The van der Waals surface area contributed by atoms with Crippen LogP contribution in [0.2, 0.25) is 0 Å². The average Bonchev–Trinajstić information content (AvgIpc) is 3.25. The molecule has 0 amide bonds. The third kappa shape index (κ3) is 5.19. The van der Waals surface area contributed by atoms with Crippen molar-refractivity contribution in [1.82, 2.24) is 24.3 Å². The number of nitrogens with two attached hydrogens (primary N) is 1. The average molecular weight is 562 g/mol.